The van der Waals surface area contributed by atoms with Crippen molar-refractivity contribution in [3.05, 3.63) is 99.0 Å². The Labute approximate surface area is 236 Å². The summed E-state index contributed by atoms with van der Waals surface area (Å²) in [5, 5.41) is 11.3. The van der Waals surface area contributed by atoms with E-state index in [0.29, 0.717) is 6.04 Å². The summed E-state index contributed by atoms with van der Waals surface area (Å²) in [7, 11) is 4.31. The van der Waals surface area contributed by atoms with Gasteiger partial charge in [-0.2, -0.15) is 5.26 Å². The molecule has 5 nitrogen and oxygen atoms in total. The van der Waals surface area contributed by atoms with Crippen LogP contribution in [0.2, 0.25) is 10.0 Å². The van der Waals surface area contributed by atoms with Crippen molar-refractivity contribution in [1.29, 1.82) is 5.26 Å². The fraction of sp³-hybridized carbons (Fsp3) is 0.387. The van der Waals surface area contributed by atoms with Gasteiger partial charge in [-0.25, -0.2) is 0 Å². The molecular weight excluding hydrogens is 513 g/mol. The lowest BCUT2D eigenvalue weighted by Gasteiger charge is -2.40. The second-order valence-electron chi connectivity index (χ2n) is 10.6. The van der Waals surface area contributed by atoms with Crippen LogP contribution < -0.4 is 4.90 Å². The fourth-order valence-corrected chi connectivity index (χ4v) is 5.99. The summed E-state index contributed by atoms with van der Waals surface area (Å²) in [6.45, 7) is 6.65. The van der Waals surface area contributed by atoms with Gasteiger partial charge in [-0.15, -0.1) is 0 Å². The minimum atomic E-state index is 0.143. The Morgan fingerprint density at radius 2 is 1.47 bits per heavy atom. The van der Waals surface area contributed by atoms with Crippen LogP contribution in [0.4, 0.5) is 5.69 Å². The topological polar surface area (TPSA) is 36.8 Å². The molecule has 0 aliphatic carbocycles. The van der Waals surface area contributed by atoms with Gasteiger partial charge in [0, 0.05) is 67.6 Å². The third kappa shape index (κ3) is 6.17. The van der Waals surface area contributed by atoms with Crippen molar-refractivity contribution >= 4 is 28.9 Å². The van der Waals surface area contributed by atoms with Crippen molar-refractivity contribution in [2.24, 2.45) is 0 Å². The number of benzene rings is 3. The third-order valence-corrected chi connectivity index (χ3v) is 8.51. The second-order valence-corrected chi connectivity index (χ2v) is 11.5. The molecule has 2 aliphatic rings. The minimum absolute atomic E-state index is 0.143. The quantitative estimate of drug-likeness (QED) is 0.367. The largest absolute Gasteiger partial charge is 0.370 e. The smallest absolute Gasteiger partial charge is 0.0995 e. The summed E-state index contributed by atoms with van der Waals surface area (Å²) in [6.07, 6.45) is 1.17. The summed E-state index contributed by atoms with van der Waals surface area (Å²) >= 11 is 12.4. The van der Waals surface area contributed by atoms with E-state index in [1.54, 1.807) is 0 Å². The average molecular weight is 549 g/mol. The molecule has 3 aromatic carbocycles. The normalized spacial score (nSPS) is 18.9. The van der Waals surface area contributed by atoms with Crippen molar-refractivity contribution in [2.45, 2.75) is 25.0 Å². The van der Waals surface area contributed by atoms with Gasteiger partial charge in [0.1, 0.15) is 0 Å². The van der Waals surface area contributed by atoms with E-state index < -0.39 is 0 Å². The highest BCUT2D eigenvalue weighted by Crippen LogP contribution is 2.32. The van der Waals surface area contributed by atoms with Crippen LogP contribution in [0.3, 0.4) is 0 Å². The van der Waals surface area contributed by atoms with Gasteiger partial charge in [0.2, 0.25) is 0 Å². The lowest BCUT2D eigenvalue weighted by molar-refractivity contribution is 0.105. The Hall–Kier alpha value is -2.59. The van der Waals surface area contributed by atoms with Crippen LogP contribution in [0.5, 0.6) is 0 Å². The molecule has 7 heteroatoms. The van der Waals surface area contributed by atoms with Gasteiger partial charge in [-0.1, -0.05) is 47.5 Å². The maximum absolute atomic E-state index is 9.81. The highest BCUT2D eigenvalue weighted by Gasteiger charge is 2.28. The average Bonchev–Trinajstić information content (AvgIpc) is 3.43. The van der Waals surface area contributed by atoms with E-state index in [0.717, 1.165) is 67.0 Å². The molecule has 198 valence electrons. The Balaban J connectivity index is 1.29. The Bertz CT molecular complexity index is 1220. The lowest BCUT2D eigenvalue weighted by Crippen LogP contribution is -2.47. The van der Waals surface area contributed by atoms with Gasteiger partial charge < -0.3 is 9.80 Å². The number of hydrogen-bond donors (Lipinski definition) is 0. The first-order chi connectivity index (χ1) is 18.4. The molecule has 2 aliphatic heterocycles. The van der Waals surface area contributed by atoms with Gasteiger partial charge in [0.25, 0.3) is 0 Å². The Kier molecular flexibility index (Phi) is 8.57. The van der Waals surface area contributed by atoms with Crippen molar-refractivity contribution < 1.29 is 0 Å². The predicted octanol–water partition coefficient (Wildman–Crippen LogP) is 5.91. The molecule has 2 saturated heterocycles. The molecule has 2 fully saturated rings. The number of nitrogens with zero attached hydrogens (tertiary/aromatic N) is 5. The number of likely N-dealkylation sites (N-methyl/N-ethyl adjacent to an activating group) is 1. The number of piperazine rings is 1. The van der Waals surface area contributed by atoms with Gasteiger partial charge in [-0.05, 0) is 79.7 Å². The molecule has 1 unspecified atom stereocenters. The number of halogens is 2. The van der Waals surface area contributed by atoms with Crippen molar-refractivity contribution in [3.8, 4) is 6.07 Å². The standard InChI is InChI=1S/C31H35Cl2N5/c1-35(2)30-13-14-38(22-30)29-12-7-25(20-34)26(19-29)21-36-15-17-37(18-16-36)31(23-3-8-27(32)9-4-23)24-5-10-28(33)11-6-24/h3-12,19,30-31H,13-18,21-22H2,1-2H3. The molecule has 0 radical (unpaired) electrons. The molecule has 0 saturated carbocycles. The van der Waals surface area contributed by atoms with Gasteiger partial charge in [-0.3, -0.25) is 9.80 Å². The SMILES string of the molecule is CN(C)C1CCN(c2ccc(C#N)c(CN3CCN(C(c4ccc(Cl)cc4)c4ccc(Cl)cc4)CC3)c2)C1. The molecule has 0 amide bonds. The van der Waals surface area contributed by atoms with Gasteiger partial charge in [0.15, 0.2) is 0 Å². The first kappa shape index (κ1) is 27.0. The number of rotatable bonds is 7. The summed E-state index contributed by atoms with van der Waals surface area (Å²) < 4.78 is 0. The number of nitriles is 1. The van der Waals surface area contributed by atoms with Crippen LogP contribution in [0, 0.1) is 11.3 Å². The van der Waals surface area contributed by atoms with Gasteiger partial charge in [0.05, 0.1) is 17.7 Å². The summed E-state index contributed by atoms with van der Waals surface area (Å²) in [6, 6.07) is 25.9. The number of anilines is 1. The monoisotopic (exact) mass is 547 g/mol. The third-order valence-electron chi connectivity index (χ3n) is 8.01. The van der Waals surface area contributed by atoms with E-state index >= 15 is 0 Å². The summed E-state index contributed by atoms with van der Waals surface area (Å²) in [5.41, 5.74) is 5.59. The molecule has 0 spiro atoms. The Morgan fingerprint density at radius 1 is 0.868 bits per heavy atom. The lowest BCUT2D eigenvalue weighted by atomic mass is 9.96. The van der Waals surface area contributed by atoms with E-state index in [2.05, 4.69) is 76.2 Å². The second kappa shape index (κ2) is 12.1. The first-order valence-electron chi connectivity index (χ1n) is 13.3. The Morgan fingerprint density at radius 3 is 2.00 bits per heavy atom. The first-order valence-corrected chi connectivity index (χ1v) is 14.1. The van der Waals surface area contributed by atoms with E-state index in [9.17, 15) is 5.26 Å². The van der Waals surface area contributed by atoms with Crippen LogP contribution in [-0.4, -0.2) is 74.1 Å². The van der Waals surface area contributed by atoms with Crippen LogP contribution in [0.1, 0.15) is 34.7 Å². The van der Waals surface area contributed by atoms with Crippen LogP contribution in [0.15, 0.2) is 66.7 Å². The van der Waals surface area contributed by atoms with Crippen LogP contribution in [-0.2, 0) is 6.54 Å². The molecule has 0 aromatic heterocycles. The number of hydrogen-bond acceptors (Lipinski definition) is 5. The maximum atomic E-state index is 9.81. The maximum Gasteiger partial charge on any atom is 0.0995 e. The van der Waals surface area contributed by atoms with E-state index in [4.69, 9.17) is 23.2 Å². The van der Waals surface area contributed by atoms with Crippen LogP contribution in [0.25, 0.3) is 0 Å². The van der Waals surface area contributed by atoms with Crippen molar-refractivity contribution in [3.63, 3.8) is 0 Å². The van der Waals surface area contributed by atoms with E-state index in [1.165, 1.54) is 23.2 Å². The van der Waals surface area contributed by atoms with Gasteiger partial charge >= 0.3 is 0 Å². The zero-order valence-electron chi connectivity index (χ0n) is 22.2. The molecule has 3 aromatic rings. The summed E-state index contributed by atoms with van der Waals surface area (Å²) in [4.78, 5) is 9.78. The highest BCUT2D eigenvalue weighted by atomic mass is 35.5. The van der Waals surface area contributed by atoms with E-state index in [-0.39, 0.29) is 6.04 Å². The van der Waals surface area contributed by atoms with Crippen LogP contribution >= 0.6 is 23.2 Å². The molecule has 5 rings (SSSR count). The molecule has 38 heavy (non-hydrogen) atoms. The zero-order valence-corrected chi connectivity index (χ0v) is 23.7. The molecule has 0 N–H and O–H groups in total. The molecular formula is C31H35Cl2N5. The molecule has 2 heterocycles. The molecule has 0 bridgehead atoms. The fourth-order valence-electron chi connectivity index (χ4n) is 5.74. The summed E-state index contributed by atoms with van der Waals surface area (Å²) in [5.74, 6) is 0. The highest BCUT2D eigenvalue weighted by molar-refractivity contribution is 6.30. The zero-order chi connectivity index (χ0) is 26.6. The minimum Gasteiger partial charge on any atom is -0.370 e. The predicted molar refractivity (Wildman–Crippen MR) is 157 cm³/mol. The van der Waals surface area contributed by atoms with Crippen molar-refractivity contribution in [2.75, 3.05) is 58.3 Å². The van der Waals surface area contributed by atoms with Crippen molar-refractivity contribution in [1.82, 2.24) is 14.7 Å². The molecule has 1 atom stereocenters. The van der Waals surface area contributed by atoms with E-state index in [1.807, 2.05) is 30.3 Å².